The number of aliphatic hydroxyl groups is 1. The van der Waals surface area contributed by atoms with Gasteiger partial charge in [-0.1, -0.05) is 37.6 Å². The number of benzene rings is 2. The van der Waals surface area contributed by atoms with Crippen molar-refractivity contribution in [3.8, 4) is 11.5 Å². The molecule has 7 nitrogen and oxygen atoms in total. The summed E-state index contributed by atoms with van der Waals surface area (Å²) in [4.78, 5) is 24.5. The topological polar surface area (TPSA) is 98.0 Å². The van der Waals surface area contributed by atoms with Crippen LogP contribution in [0.4, 0.5) is 9.18 Å². The first-order valence-corrected chi connectivity index (χ1v) is 11.2. The van der Waals surface area contributed by atoms with Crippen LogP contribution in [0, 0.1) is 11.7 Å². The first-order chi connectivity index (χ1) is 16.0. The van der Waals surface area contributed by atoms with Gasteiger partial charge < -0.3 is 24.3 Å². The molecule has 3 aromatic rings. The van der Waals surface area contributed by atoms with Crippen molar-refractivity contribution in [2.24, 2.45) is 5.92 Å². The van der Waals surface area contributed by atoms with Gasteiger partial charge in [-0.2, -0.15) is 0 Å². The number of hydrogen-bond acceptors (Lipinski definition) is 5. The molecule has 0 bridgehead atoms. The minimum Gasteiger partial charge on any atom is -0.489 e. The van der Waals surface area contributed by atoms with Crippen LogP contribution in [-0.4, -0.2) is 33.6 Å². The van der Waals surface area contributed by atoms with Crippen molar-refractivity contribution >= 4 is 28.7 Å². The third-order valence-electron chi connectivity index (χ3n) is 5.42. The second-order valence-electron chi connectivity index (χ2n) is 8.64. The summed E-state index contributed by atoms with van der Waals surface area (Å²) in [6, 6.07) is 7.45. The molecule has 0 amide bonds. The van der Waals surface area contributed by atoms with Gasteiger partial charge in [-0.05, 0) is 49.1 Å². The summed E-state index contributed by atoms with van der Waals surface area (Å²) in [5.41, 5.74) is 0.622. The quantitative estimate of drug-likeness (QED) is 0.408. The van der Waals surface area contributed by atoms with E-state index in [0.717, 1.165) is 0 Å². The minimum absolute atomic E-state index is 0.0147. The van der Waals surface area contributed by atoms with Crippen molar-refractivity contribution in [3.63, 3.8) is 0 Å². The van der Waals surface area contributed by atoms with Crippen molar-refractivity contribution < 1.29 is 28.9 Å². The maximum Gasteiger partial charge on any atom is 0.511 e. The van der Waals surface area contributed by atoms with Crippen molar-refractivity contribution in [2.45, 2.75) is 46.3 Å². The van der Waals surface area contributed by atoms with Gasteiger partial charge in [-0.3, -0.25) is 4.79 Å². The second kappa shape index (κ2) is 10.4. The van der Waals surface area contributed by atoms with Crippen LogP contribution in [0.25, 0.3) is 10.9 Å². The normalized spacial score (nSPS) is 12.4. The van der Waals surface area contributed by atoms with E-state index in [2.05, 4.69) is 0 Å². The number of fused-ring (bicyclic) bond motifs is 1. The number of ether oxygens (including phenoxy) is 2. The van der Waals surface area contributed by atoms with Crippen LogP contribution in [0.2, 0.25) is 5.02 Å². The number of carbonyl (C=O) groups is 1. The molecule has 2 aromatic carbocycles. The molecule has 182 valence electrons. The van der Waals surface area contributed by atoms with Crippen LogP contribution >= 0.6 is 11.6 Å². The summed E-state index contributed by atoms with van der Waals surface area (Å²) in [6.45, 7) is 7.17. The third kappa shape index (κ3) is 5.34. The highest BCUT2D eigenvalue weighted by molar-refractivity contribution is 6.30. The highest BCUT2D eigenvalue weighted by Crippen LogP contribution is 2.34. The fourth-order valence-electron chi connectivity index (χ4n) is 3.89. The number of nitrogens with zero attached hydrogens (tertiary/aromatic N) is 1. The van der Waals surface area contributed by atoms with Gasteiger partial charge in [-0.25, -0.2) is 9.18 Å². The molecular weight excluding hydrogens is 465 g/mol. The van der Waals surface area contributed by atoms with Crippen LogP contribution < -0.4 is 14.9 Å². The standard InChI is InChI=1S/C25H27ClFNO6/c1-13(2)19(12-29)28-11-21(34-25(31)32)24(30)17-9-15(10-20(23(17)28)33-14(3)4)8-16-6-5-7-18(26)22(16)27/h5-7,9-11,13-14,19,29H,8,12H2,1-4H3,(H,31,32)/t19-/m1/s1. The Bertz CT molecular complexity index is 1270. The van der Waals surface area contributed by atoms with Gasteiger partial charge in [-0.15, -0.1) is 0 Å². The molecule has 0 fully saturated rings. The summed E-state index contributed by atoms with van der Waals surface area (Å²) in [6.07, 6.45) is -0.493. The van der Waals surface area contributed by atoms with E-state index in [1.54, 1.807) is 28.8 Å². The zero-order valence-electron chi connectivity index (χ0n) is 19.3. The van der Waals surface area contributed by atoms with Gasteiger partial charge in [0.05, 0.1) is 40.9 Å². The van der Waals surface area contributed by atoms with E-state index in [4.69, 9.17) is 26.2 Å². The van der Waals surface area contributed by atoms with Crippen molar-refractivity contribution in [1.29, 1.82) is 0 Å². The Balaban J connectivity index is 2.36. The van der Waals surface area contributed by atoms with E-state index < -0.39 is 29.2 Å². The molecule has 0 saturated carbocycles. The average Bonchev–Trinajstić information content (AvgIpc) is 2.74. The number of rotatable bonds is 8. The SMILES string of the molecule is CC(C)Oc1cc(Cc2cccc(Cl)c2F)cc2c(=O)c(OC(=O)O)cn([C@H](CO)C(C)C)c12. The molecule has 0 saturated heterocycles. The predicted molar refractivity (Wildman–Crippen MR) is 128 cm³/mol. The maximum atomic E-state index is 14.6. The van der Waals surface area contributed by atoms with E-state index >= 15 is 0 Å². The largest absolute Gasteiger partial charge is 0.511 e. The van der Waals surface area contributed by atoms with Gasteiger partial charge in [0.2, 0.25) is 5.43 Å². The summed E-state index contributed by atoms with van der Waals surface area (Å²) in [5.74, 6) is -0.680. The lowest BCUT2D eigenvalue weighted by molar-refractivity contribution is 0.143. The first-order valence-electron chi connectivity index (χ1n) is 10.9. The van der Waals surface area contributed by atoms with Gasteiger partial charge >= 0.3 is 6.16 Å². The molecule has 0 aliphatic carbocycles. The fourth-order valence-corrected chi connectivity index (χ4v) is 4.08. The highest BCUT2D eigenvalue weighted by Gasteiger charge is 2.24. The van der Waals surface area contributed by atoms with Crippen LogP contribution in [0.5, 0.6) is 11.5 Å². The second-order valence-corrected chi connectivity index (χ2v) is 9.05. The van der Waals surface area contributed by atoms with E-state index in [-0.39, 0.29) is 35.5 Å². The Labute approximate surface area is 201 Å². The molecule has 3 rings (SSSR count). The van der Waals surface area contributed by atoms with Crippen LogP contribution in [0.1, 0.15) is 44.9 Å². The molecule has 1 heterocycles. The lowest BCUT2D eigenvalue weighted by Crippen LogP contribution is -2.24. The Morgan fingerprint density at radius 2 is 1.88 bits per heavy atom. The smallest absolute Gasteiger partial charge is 0.489 e. The average molecular weight is 492 g/mol. The predicted octanol–water partition coefficient (Wildman–Crippen LogP) is 5.42. The molecule has 1 atom stereocenters. The number of pyridine rings is 1. The number of hydrogen-bond donors (Lipinski definition) is 2. The highest BCUT2D eigenvalue weighted by atomic mass is 35.5. The molecule has 34 heavy (non-hydrogen) atoms. The monoisotopic (exact) mass is 491 g/mol. The number of aromatic nitrogens is 1. The lowest BCUT2D eigenvalue weighted by Gasteiger charge is -2.26. The first kappa shape index (κ1) is 25.5. The Morgan fingerprint density at radius 1 is 1.18 bits per heavy atom. The minimum atomic E-state index is -1.64. The third-order valence-corrected chi connectivity index (χ3v) is 5.71. The molecule has 0 aliphatic rings. The summed E-state index contributed by atoms with van der Waals surface area (Å²) < 4.78 is 27.0. The van der Waals surface area contributed by atoms with Crippen molar-refractivity contribution in [1.82, 2.24) is 4.57 Å². The van der Waals surface area contributed by atoms with Crippen LogP contribution in [0.15, 0.2) is 41.3 Å². The van der Waals surface area contributed by atoms with Crippen LogP contribution in [-0.2, 0) is 6.42 Å². The number of aliphatic hydroxyl groups excluding tert-OH is 1. The molecular formula is C25H27ClFNO6. The number of carboxylic acid groups (broad SMARTS) is 1. The zero-order chi connectivity index (χ0) is 25.2. The molecule has 0 radical (unpaired) electrons. The Hall–Kier alpha value is -3.10. The molecule has 0 unspecified atom stereocenters. The van der Waals surface area contributed by atoms with E-state index in [0.29, 0.717) is 22.4 Å². The van der Waals surface area contributed by atoms with Gasteiger partial charge in [0.25, 0.3) is 0 Å². The summed E-state index contributed by atoms with van der Waals surface area (Å²) in [5, 5.41) is 19.3. The Kier molecular flexibility index (Phi) is 7.84. The molecule has 0 aliphatic heterocycles. The Morgan fingerprint density at radius 3 is 2.47 bits per heavy atom. The van der Waals surface area contributed by atoms with Gasteiger partial charge in [0.1, 0.15) is 11.6 Å². The van der Waals surface area contributed by atoms with E-state index in [1.165, 1.54) is 12.3 Å². The van der Waals surface area contributed by atoms with Crippen LogP contribution in [0.3, 0.4) is 0 Å². The maximum absolute atomic E-state index is 14.6. The summed E-state index contributed by atoms with van der Waals surface area (Å²) in [7, 11) is 0. The molecule has 1 aromatic heterocycles. The zero-order valence-corrected chi connectivity index (χ0v) is 20.1. The molecule has 9 heteroatoms. The lowest BCUT2D eigenvalue weighted by atomic mass is 9.99. The van der Waals surface area contributed by atoms with Gasteiger partial charge in [0, 0.05) is 6.42 Å². The summed E-state index contributed by atoms with van der Waals surface area (Å²) >= 11 is 5.92. The van der Waals surface area contributed by atoms with Crippen molar-refractivity contribution in [3.05, 3.63) is 68.7 Å². The number of halogens is 2. The molecule has 2 N–H and O–H groups in total. The van der Waals surface area contributed by atoms with Crippen molar-refractivity contribution in [2.75, 3.05) is 6.61 Å². The fraction of sp³-hybridized carbons (Fsp3) is 0.360. The molecule has 0 spiro atoms. The van der Waals surface area contributed by atoms with E-state index in [9.17, 15) is 19.1 Å². The van der Waals surface area contributed by atoms with Gasteiger partial charge in [0.15, 0.2) is 5.75 Å². The van der Waals surface area contributed by atoms with E-state index in [1.807, 2.05) is 27.7 Å².